The minimum absolute atomic E-state index is 0.0331. The van der Waals surface area contributed by atoms with Crippen LogP contribution in [0.3, 0.4) is 0 Å². The van der Waals surface area contributed by atoms with Gasteiger partial charge in [0.25, 0.3) is 0 Å². The van der Waals surface area contributed by atoms with Crippen molar-refractivity contribution in [3.8, 4) is 6.07 Å². The van der Waals surface area contributed by atoms with Crippen LogP contribution in [0.2, 0.25) is 0 Å². The maximum absolute atomic E-state index is 10.6. The van der Waals surface area contributed by atoms with E-state index in [-0.39, 0.29) is 12.1 Å². The SMILES string of the molecule is CC(C)(CC(=O)O)Nc1cnc(C#N)cn1. The molecule has 0 radical (unpaired) electrons. The molecular weight excluding hydrogens is 208 g/mol. The molecule has 0 fully saturated rings. The number of anilines is 1. The summed E-state index contributed by atoms with van der Waals surface area (Å²) in [5.74, 6) is -0.440. The molecule has 1 heterocycles. The van der Waals surface area contributed by atoms with Gasteiger partial charge in [0.15, 0.2) is 5.69 Å². The van der Waals surface area contributed by atoms with E-state index >= 15 is 0 Å². The predicted octanol–water partition coefficient (Wildman–Crippen LogP) is 1.01. The summed E-state index contributed by atoms with van der Waals surface area (Å²) in [5, 5.41) is 20.2. The van der Waals surface area contributed by atoms with Gasteiger partial charge in [0, 0.05) is 5.54 Å². The summed E-state index contributed by atoms with van der Waals surface area (Å²) in [4.78, 5) is 18.4. The first kappa shape index (κ1) is 11.9. The van der Waals surface area contributed by atoms with Crippen molar-refractivity contribution >= 4 is 11.8 Å². The monoisotopic (exact) mass is 220 g/mol. The zero-order valence-corrected chi connectivity index (χ0v) is 9.06. The summed E-state index contributed by atoms with van der Waals surface area (Å²) >= 11 is 0. The van der Waals surface area contributed by atoms with Gasteiger partial charge in [-0.1, -0.05) is 0 Å². The van der Waals surface area contributed by atoms with E-state index in [2.05, 4.69) is 15.3 Å². The molecule has 0 atom stereocenters. The van der Waals surface area contributed by atoms with Crippen molar-refractivity contribution in [2.45, 2.75) is 25.8 Å². The Balaban J connectivity index is 2.72. The minimum Gasteiger partial charge on any atom is -0.481 e. The molecule has 0 aliphatic heterocycles. The molecule has 1 rings (SSSR count). The van der Waals surface area contributed by atoms with Crippen LogP contribution in [0, 0.1) is 11.3 Å². The fourth-order valence-corrected chi connectivity index (χ4v) is 1.22. The van der Waals surface area contributed by atoms with Crippen molar-refractivity contribution in [1.82, 2.24) is 9.97 Å². The highest BCUT2D eigenvalue weighted by Gasteiger charge is 2.21. The van der Waals surface area contributed by atoms with Crippen LogP contribution in [0.1, 0.15) is 26.0 Å². The lowest BCUT2D eigenvalue weighted by molar-refractivity contribution is -0.137. The van der Waals surface area contributed by atoms with Gasteiger partial charge in [-0.05, 0) is 13.8 Å². The molecule has 0 aromatic carbocycles. The second-order valence-electron chi connectivity index (χ2n) is 3.98. The molecule has 0 bridgehead atoms. The number of aliphatic carboxylic acids is 1. The van der Waals surface area contributed by atoms with Crippen LogP contribution in [0.4, 0.5) is 5.82 Å². The maximum Gasteiger partial charge on any atom is 0.305 e. The molecule has 0 unspecified atom stereocenters. The number of rotatable bonds is 4. The van der Waals surface area contributed by atoms with Gasteiger partial charge in [-0.2, -0.15) is 5.26 Å². The van der Waals surface area contributed by atoms with Crippen LogP contribution >= 0.6 is 0 Å². The number of nitriles is 1. The first-order chi connectivity index (χ1) is 7.43. The third kappa shape index (κ3) is 3.53. The van der Waals surface area contributed by atoms with Crippen LogP contribution < -0.4 is 5.32 Å². The molecule has 0 spiro atoms. The van der Waals surface area contributed by atoms with E-state index in [1.165, 1.54) is 12.4 Å². The molecule has 0 saturated heterocycles. The number of carboxylic acid groups (broad SMARTS) is 1. The largest absolute Gasteiger partial charge is 0.481 e. The second kappa shape index (κ2) is 4.57. The van der Waals surface area contributed by atoms with E-state index in [0.29, 0.717) is 5.82 Å². The van der Waals surface area contributed by atoms with Gasteiger partial charge in [-0.25, -0.2) is 9.97 Å². The molecule has 1 aromatic heterocycles. The van der Waals surface area contributed by atoms with Crippen molar-refractivity contribution in [3.63, 3.8) is 0 Å². The zero-order chi connectivity index (χ0) is 12.2. The third-order valence-electron chi connectivity index (χ3n) is 1.83. The summed E-state index contributed by atoms with van der Waals surface area (Å²) in [5.41, 5.74) is -0.393. The van der Waals surface area contributed by atoms with Gasteiger partial charge < -0.3 is 10.4 Å². The molecule has 0 aliphatic carbocycles. The number of nitrogens with zero attached hydrogens (tertiary/aromatic N) is 3. The molecular formula is C10H12N4O2. The minimum atomic E-state index is -0.890. The Morgan fingerprint density at radius 2 is 2.25 bits per heavy atom. The predicted molar refractivity (Wildman–Crippen MR) is 56.7 cm³/mol. The molecule has 0 amide bonds. The molecule has 1 aromatic rings. The second-order valence-corrected chi connectivity index (χ2v) is 3.98. The summed E-state index contributed by atoms with van der Waals surface area (Å²) in [6.07, 6.45) is 2.70. The Bertz CT molecular complexity index is 419. The van der Waals surface area contributed by atoms with Crippen LogP contribution in [-0.2, 0) is 4.79 Å². The number of carbonyl (C=O) groups is 1. The van der Waals surface area contributed by atoms with Crippen LogP contribution in [-0.4, -0.2) is 26.6 Å². The number of nitrogens with one attached hydrogen (secondary N) is 1. The molecule has 2 N–H and O–H groups in total. The molecule has 6 heteroatoms. The highest BCUT2D eigenvalue weighted by Crippen LogP contribution is 2.15. The fraction of sp³-hybridized carbons (Fsp3) is 0.400. The summed E-state index contributed by atoms with van der Waals surface area (Å²) < 4.78 is 0. The number of aromatic nitrogens is 2. The van der Waals surface area contributed by atoms with Crippen LogP contribution in [0.5, 0.6) is 0 Å². The molecule has 0 aliphatic rings. The number of hydrogen-bond donors (Lipinski definition) is 2. The van der Waals surface area contributed by atoms with E-state index < -0.39 is 11.5 Å². The van der Waals surface area contributed by atoms with E-state index in [1.54, 1.807) is 13.8 Å². The Morgan fingerprint density at radius 3 is 2.69 bits per heavy atom. The van der Waals surface area contributed by atoms with Crippen molar-refractivity contribution in [3.05, 3.63) is 18.1 Å². The summed E-state index contributed by atoms with van der Waals surface area (Å²) in [6, 6.07) is 1.85. The topological polar surface area (TPSA) is 98.9 Å². The molecule has 16 heavy (non-hydrogen) atoms. The lowest BCUT2D eigenvalue weighted by atomic mass is 10.0. The van der Waals surface area contributed by atoms with Gasteiger partial charge in [-0.3, -0.25) is 4.79 Å². The average molecular weight is 220 g/mol. The maximum atomic E-state index is 10.6. The highest BCUT2D eigenvalue weighted by atomic mass is 16.4. The van der Waals surface area contributed by atoms with Gasteiger partial charge >= 0.3 is 5.97 Å². The van der Waals surface area contributed by atoms with E-state index in [9.17, 15) is 4.79 Å². The first-order valence-corrected chi connectivity index (χ1v) is 4.65. The first-order valence-electron chi connectivity index (χ1n) is 4.65. The molecule has 0 saturated carbocycles. The Labute approximate surface area is 93.0 Å². The number of carboxylic acids is 1. The normalized spacial score (nSPS) is 10.6. The Kier molecular flexibility index (Phi) is 3.40. The van der Waals surface area contributed by atoms with Crippen molar-refractivity contribution < 1.29 is 9.90 Å². The van der Waals surface area contributed by atoms with E-state index in [4.69, 9.17) is 10.4 Å². The lowest BCUT2D eigenvalue weighted by Gasteiger charge is -2.24. The molecule has 84 valence electrons. The van der Waals surface area contributed by atoms with E-state index in [1.807, 2.05) is 6.07 Å². The van der Waals surface area contributed by atoms with Gasteiger partial charge in [-0.15, -0.1) is 0 Å². The van der Waals surface area contributed by atoms with Gasteiger partial charge in [0.2, 0.25) is 0 Å². The van der Waals surface area contributed by atoms with E-state index in [0.717, 1.165) is 0 Å². The fourth-order valence-electron chi connectivity index (χ4n) is 1.22. The summed E-state index contributed by atoms with van der Waals surface area (Å²) in [7, 11) is 0. The quantitative estimate of drug-likeness (QED) is 0.785. The van der Waals surface area contributed by atoms with Gasteiger partial charge in [0.05, 0.1) is 18.8 Å². The Morgan fingerprint density at radius 1 is 1.56 bits per heavy atom. The smallest absolute Gasteiger partial charge is 0.305 e. The van der Waals surface area contributed by atoms with Crippen molar-refractivity contribution in [2.24, 2.45) is 0 Å². The zero-order valence-electron chi connectivity index (χ0n) is 9.06. The highest BCUT2D eigenvalue weighted by molar-refractivity contribution is 5.69. The average Bonchev–Trinajstić information content (AvgIpc) is 2.16. The number of hydrogen-bond acceptors (Lipinski definition) is 5. The van der Waals surface area contributed by atoms with Gasteiger partial charge in [0.1, 0.15) is 11.9 Å². The Hall–Kier alpha value is -2.16. The van der Waals surface area contributed by atoms with Crippen LogP contribution in [0.15, 0.2) is 12.4 Å². The van der Waals surface area contributed by atoms with Crippen molar-refractivity contribution in [2.75, 3.05) is 5.32 Å². The summed E-state index contributed by atoms with van der Waals surface area (Å²) in [6.45, 7) is 3.50. The van der Waals surface area contributed by atoms with Crippen molar-refractivity contribution in [1.29, 1.82) is 5.26 Å². The lowest BCUT2D eigenvalue weighted by Crippen LogP contribution is -2.34. The van der Waals surface area contributed by atoms with Crippen LogP contribution in [0.25, 0.3) is 0 Å². The molecule has 6 nitrogen and oxygen atoms in total. The third-order valence-corrected chi connectivity index (χ3v) is 1.83. The standard InChI is InChI=1S/C10H12N4O2/c1-10(2,3-9(15)16)14-8-6-12-7(4-11)5-13-8/h5-6H,3H2,1-2H3,(H,13,14)(H,15,16).